The predicted octanol–water partition coefficient (Wildman–Crippen LogP) is 2.66. The van der Waals surface area contributed by atoms with Crippen LogP contribution in [0.3, 0.4) is 0 Å². The summed E-state index contributed by atoms with van der Waals surface area (Å²) in [6.07, 6.45) is 3.58. The average molecular weight is 344 g/mol. The minimum Gasteiger partial charge on any atom is -0.354 e. The van der Waals surface area contributed by atoms with Crippen molar-refractivity contribution in [3.05, 3.63) is 47.0 Å². The molecular weight excluding hydrogens is 320 g/mol. The number of aromatic nitrogens is 1. The first-order chi connectivity index (χ1) is 11.6. The quantitative estimate of drug-likeness (QED) is 0.839. The van der Waals surface area contributed by atoms with Crippen LogP contribution >= 0.6 is 11.3 Å². The fourth-order valence-electron chi connectivity index (χ4n) is 2.90. The Hall–Kier alpha value is -1.92. The van der Waals surface area contributed by atoms with Gasteiger partial charge in [0.15, 0.2) is 5.13 Å². The molecule has 0 aliphatic carbocycles. The number of anilines is 1. The molecule has 3 rings (SSSR count). The summed E-state index contributed by atoms with van der Waals surface area (Å²) in [4.78, 5) is 21.6. The molecule has 5 nitrogen and oxygen atoms in total. The van der Waals surface area contributed by atoms with Gasteiger partial charge in [-0.25, -0.2) is 4.98 Å². The summed E-state index contributed by atoms with van der Waals surface area (Å²) < 4.78 is 0. The molecule has 0 bridgehead atoms. The van der Waals surface area contributed by atoms with Crippen LogP contribution in [-0.2, 0) is 11.3 Å². The van der Waals surface area contributed by atoms with E-state index in [1.165, 1.54) is 10.4 Å². The van der Waals surface area contributed by atoms with Crippen LogP contribution in [0, 0.1) is 0 Å². The summed E-state index contributed by atoms with van der Waals surface area (Å²) in [5.41, 5.74) is 1.22. The van der Waals surface area contributed by atoms with Crippen molar-refractivity contribution in [2.24, 2.45) is 0 Å². The van der Waals surface area contributed by atoms with Crippen molar-refractivity contribution < 1.29 is 4.79 Å². The molecule has 2 aromatic rings. The smallest absolute Gasteiger partial charge is 0.222 e. The molecule has 0 saturated carbocycles. The maximum atomic E-state index is 12.0. The van der Waals surface area contributed by atoms with Crippen molar-refractivity contribution in [1.82, 2.24) is 15.2 Å². The van der Waals surface area contributed by atoms with Gasteiger partial charge in [0.1, 0.15) is 0 Å². The fourth-order valence-corrected chi connectivity index (χ4v) is 3.68. The van der Waals surface area contributed by atoms with Gasteiger partial charge in [-0.15, -0.1) is 11.3 Å². The second-order valence-electron chi connectivity index (χ2n) is 6.29. The molecule has 128 valence electrons. The molecule has 1 amide bonds. The fraction of sp³-hybridized carbons (Fsp3) is 0.444. The highest BCUT2D eigenvalue weighted by atomic mass is 32.1. The lowest BCUT2D eigenvalue weighted by molar-refractivity contribution is -0.128. The third kappa shape index (κ3) is 4.13. The van der Waals surface area contributed by atoms with Crippen molar-refractivity contribution >= 4 is 22.4 Å². The van der Waals surface area contributed by atoms with E-state index in [2.05, 4.69) is 22.4 Å². The first kappa shape index (κ1) is 16.9. The second-order valence-corrected chi connectivity index (χ2v) is 7.38. The van der Waals surface area contributed by atoms with Gasteiger partial charge in [-0.2, -0.15) is 0 Å². The van der Waals surface area contributed by atoms with E-state index >= 15 is 0 Å². The Morgan fingerprint density at radius 2 is 2.12 bits per heavy atom. The zero-order valence-corrected chi connectivity index (χ0v) is 15.1. The van der Waals surface area contributed by atoms with Gasteiger partial charge < -0.3 is 15.1 Å². The topological polar surface area (TPSA) is 48.5 Å². The highest BCUT2D eigenvalue weighted by molar-refractivity contribution is 7.15. The number of carbonyl (C=O) groups is 1. The number of hydrogen-bond acceptors (Lipinski definition) is 5. The van der Waals surface area contributed by atoms with E-state index in [1.54, 1.807) is 11.3 Å². The van der Waals surface area contributed by atoms with Crippen molar-refractivity contribution in [1.29, 1.82) is 0 Å². The molecule has 1 saturated heterocycles. The zero-order chi connectivity index (χ0) is 16.9. The molecule has 2 heterocycles. The van der Waals surface area contributed by atoms with Gasteiger partial charge in [0.25, 0.3) is 0 Å². The predicted molar refractivity (Wildman–Crippen MR) is 98.3 cm³/mol. The van der Waals surface area contributed by atoms with E-state index in [0.29, 0.717) is 6.42 Å². The van der Waals surface area contributed by atoms with Crippen LogP contribution in [0.15, 0.2) is 36.5 Å². The van der Waals surface area contributed by atoms with Crippen LogP contribution in [-0.4, -0.2) is 43.0 Å². The van der Waals surface area contributed by atoms with Crippen molar-refractivity contribution in [3.8, 4) is 0 Å². The standard InChI is InChI=1S/C18H24N4OS/c1-21(2)18-20-12-15(24-18)11-19-16(14-7-4-3-5-8-14)13-22-10-6-9-17(22)23/h3-5,7-8,12,16,19H,6,9-11,13H2,1-2H3/t16-/m0/s1. The molecular formula is C18H24N4OS. The van der Waals surface area contributed by atoms with Gasteiger partial charge in [0, 0.05) is 51.2 Å². The zero-order valence-electron chi connectivity index (χ0n) is 14.2. The number of benzene rings is 1. The third-order valence-electron chi connectivity index (χ3n) is 4.22. The van der Waals surface area contributed by atoms with E-state index < -0.39 is 0 Å². The molecule has 1 aromatic heterocycles. The Morgan fingerprint density at radius 1 is 1.33 bits per heavy atom. The van der Waals surface area contributed by atoms with Crippen molar-refractivity contribution in [2.45, 2.75) is 25.4 Å². The van der Waals surface area contributed by atoms with Crippen LogP contribution in [0.2, 0.25) is 0 Å². The molecule has 1 aliphatic heterocycles. The van der Waals surface area contributed by atoms with Gasteiger partial charge >= 0.3 is 0 Å². The van der Waals surface area contributed by atoms with Crippen molar-refractivity contribution in [2.75, 3.05) is 32.1 Å². The lowest BCUT2D eigenvalue weighted by Crippen LogP contribution is -2.35. The lowest BCUT2D eigenvalue weighted by Gasteiger charge is -2.25. The molecule has 24 heavy (non-hydrogen) atoms. The van der Waals surface area contributed by atoms with E-state index in [0.717, 1.165) is 31.2 Å². The van der Waals surface area contributed by atoms with Crippen molar-refractivity contribution in [3.63, 3.8) is 0 Å². The van der Waals surface area contributed by atoms with Crippen LogP contribution in [0.25, 0.3) is 0 Å². The Morgan fingerprint density at radius 3 is 2.75 bits per heavy atom. The SMILES string of the molecule is CN(C)c1ncc(CN[C@@H](CN2CCCC2=O)c2ccccc2)s1. The van der Waals surface area contributed by atoms with Gasteiger partial charge in [0.05, 0.1) is 6.04 Å². The normalized spacial score (nSPS) is 15.8. The highest BCUT2D eigenvalue weighted by Crippen LogP contribution is 2.23. The Kier molecular flexibility index (Phi) is 5.48. The number of nitrogens with zero attached hydrogens (tertiary/aromatic N) is 3. The highest BCUT2D eigenvalue weighted by Gasteiger charge is 2.24. The van der Waals surface area contributed by atoms with Gasteiger partial charge in [-0.05, 0) is 12.0 Å². The summed E-state index contributed by atoms with van der Waals surface area (Å²) >= 11 is 1.69. The minimum absolute atomic E-state index is 0.137. The summed E-state index contributed by atoms with van der Waals surface area (Å²) in [6.45, 7) is 2.35. The molecule has 1 atom stereocenters. The first-order valence-electron chi connectivity index (χ1n) is 8.31. The summed E-state index contributed by atoms with van der Waals surface area (Å²) in [7, 11) is 4.00. The van der Waals surface area contributed by atoms with Crippen LogP contribution in [0.5, 0.6) is 0 Å². The number of rotatable bonds is 7. The molecule has 1 aliphatic rings. The van der Waals surface area contributed by atoms with E-state index in [1.807, 2.05) is 48.3 Å². The third-order valence-corrected chi connectivity index (χ3v) is 5.39. The van der Waals surface area contributed by atoms with Gasteiger partial charge in [0.2, 0.25) is 5.91 Å². The largest absolute Gasteiger partial charge is 0.354 e. The van der Waals surface area contributed by atoms with Gasteiger partial charge in [-0.3, -0.25) is 4.79 Å². The second kappa shape index (κ2) is 7.77. The first-order valence-corrected chi connectivity index (χ1v) is 9.13. The van der Waals surface area contributed by atoms with Crippen LogP contribution in [0.1, 0.15) is 29.3 Å². The summed E-state index contributed by atoms with van der Waals surface area (Å²) in [5, 5.41) is 4.62. The molecule has 0 radical (unpaired) electrons. The summed E-state index contributed by atoms with van der Waals surface area (Å²) in [6, 6.07) is 10.5. The monoisotopic (exact) mass is 344 g/mol. The number of carbonyl (C=O) groups excluding carboxylic acids is 1. The minimum atomic E-state index is 0.137. The Labute approximate surface area is 147 Å². The molecule has 0 spiro atoms. The van der Waals surface area contributed by atoms with Crippen LogP contribution < -0.4 is 10.2 Å². The number of nitrogens with one attached hydrogen (secondary N) is 1. The number of hydrogen-bond donors (Lipinski definition) is 1. The molecule has 1 aromatic carbocycles. The van der Waals surface area contributed by atoms with E-state index in [9.17, 15) is 4.79 Å². The van der Waals surface area contributed by atoms with E-state index in [-0.39, 0.29) is 11.9 Å². The molecule has 1 N–H and O–H groups in total. The van der Waals surface area contributed by atoms with Gasteiger partial charge in [-0.1, -0.05) is 30.3 Å². The Bertz CT molecular complexity index is 671. The molecule has 0 unspecified atom stereocenters. The summed E-state index contributed by atoms with van der Waals surface area (Å²) in [5.74, 6) is 0.269. The Balaban J connectivity index is 1.68. The number of likely N-dealkylation sites (tertiary alicyclic amines) is 1. The molecule has 6 heteroatoms. The maximum Gasteiger partial charge on any atom is 0.222 e. The number of amides is 1. The average Bonchev–Trinajstić information content (AvgIpc) is 3.21. The maximum absolute atomic E-state index is 12.0. The van der Waals surface area contributed by atoms with E-state index in [4.69, 9.17) is 0 Å². The number of thiazole rings is 1. The molecule has 1 fully saturated rings. The van der Waals surface area contributed by atoms with Crippen LogP contribution in [0.4, 0.5) is 5.13 Å². The lowest BCUT2D eigenvalue weighted by atomic mass is 10.1.